The van der Waals surface area contributed by atoms with Crippen molar-refractivity contribution in [1.82, 2.24) is 19.8 Å². The molecule has 11 heteroatoms. The lowest BCUT2D eigenvalue weighted by molar-refractivity contribution is -0.131. The molecule has 0 aliphatic rings. The molecule has 1 rings (SSSR count). The van der Waals surface area contributed by atoms with Gasteiger partial charge in [-0.1, -0.05) is 12.1 Å². The van der Waals surface area contributed by atoms with Crippen LogP contribution in [0, 0.1) is 0 Å². The van der Waals surface area contributed by atoms with E-state index in [1.165, 1.54) is 7.11 Å². The van der Waals surface area contributed by atoms with Gasteiger partial charge in [0.2, 0.25) is 15.9 Å². The minimum atomic E-state index is -3.61. The van der Waals surface area contributed by atoms with Crippen molar-refractivity contribution in [2.75, 3.05) is 53.5 Å². The third kappa shape index (κ3) is 10.1. The predicted molar refractivity (Wildman–Crippen MR) is 134 cm³/mol. The SMILES string of the molecule is CCNC(=NCc1cccc(S(=O)(=O)NCCOC)c1)N(C)CC(=O)N(CC)CC.I. The average Bonchev–Trinajstić information content (AvgIpc) is 2.72. The highest BCUT2D eigenvalue weighted by Crippen LogP contribution is 2.12. The summed E-state index contributed by atoms with van der Waals surface area (Å²) >= 11 is 0. The zero-order valence-corrected chi connectivity index (χ0v) is 22.2. The van der Waals surface area contributed by atoms with Crippen LogP contribution in [-0.2, 0) is 26.1 Å². The summed E-state index contributed by atoms with van der Waals surface area (Å²) in [6.07, 6.45) is 0. The summed E-state index contributed by atoms with van der Waals surface area (Å²) in [5.41, 5.74) is 0.753. The molecule has 0 bridgehead atoms. The number of aliphatic imine (C=N–C) groups is 1. The second-order valence-electron chi connectivity index (χ2n) is 6.63. The molecule has 0 aliphatic heterocycles. The fourth-order valence-electron chi connectivity index (χ4n) is 2.76. The van der Waals surface area contributed by atoms with Crippen LogP contribution in [0.3, 0.4) is 0 Å². The van der Waals surface area contributed by atoms with Crippen LogP contribution in [0.2, 0.25) is 0 Å². The van der Waals surface area contributed by atoms with Crippen LogP contribution in [-0.4, -0.2) is 83.6 Å². The van der Waals surface area contributed by atoms with Gasteiger partial charge in [-0.05, 0) is 38.5 Å². The number of rotatable bonds is 12. The number of likely N-dealkylation sites (N-methyl/N-ethyl adjacent to an activating group) is 2. The Bertz CT molecular complexity index is 801. The Hall–Kier alpha value is -1.44. The third-order valence-corrected chi connectivity index (χ3v) is 5.86. The van der Waals surface area contributed by atoms with Crippen molar-refractivity contribution in [2.45, 2.75) is 32.2 Å². The topological polar surface area (TPSA) is 103 Å². The maximum absolute atomic E-state index is 12.4. The van der Waals surface area contributed by atoms with E-state index in [0.717, 1.165) is 5.56 Å². The van der Waals surface area contributed by atoms with Gasteiger partial charge in [-0.15, -0.1) is 24.0 Å². The molecule has 0 fully saturated rings. The molecular formula is C20H36IN5O4S. The summed E-state index contributed by atoms with van der Waals surface area (Å²) in [6, 6.07) is 6.66. The number of nitrogens with zero attached hydrogens (tertiary/aromatic N) is 3. The van der Waals surface area contributed by atoms with Crippen molar-refractivity contribution in [2.24, 2.45) is 4.99 Å². The van der Waals surface area contributed by atoms with Gasteiger partial charge in [-0.3, -0.25) is 4.79 Å². The lowest BCUT2D eigenvalue weighted by Crippen LogP contribution is -2.45. The van der Waals surface area contributed by atoms with Crippen LogP contribution in [0.25, 0.3) is 0 Å². The summed E-state index contributed by atoms with van der Waals surface area (Å²) in [7, 11) is -0.282. The van der Waals surface area contributed by atoms with Gasteiger partial charge < -0.3 is 19.9 Å². The molecule has 0 aliphatic carbocycles. The van der Waals surface area contributed by atoms with Gasteiger partial charge in [0.1, 0.15) is 0 Å². The first-order valence-corrected chi connectivity index (χ1v) is 11.6. The second-order valence-corrected chi connectivity index (χ2v) is 8.40. The summed E-state index contributed by atoms with van der Waals surface area (Å²) in [4.78, 5) is 20.7. The van der Waals surface area contributed by atoms with Gasteiger partial charge in [0.05, 0.1) is 24.6 Å². The number of benzene rings is 1. The number of halogens is 1. The van der Waals surface area contributed by atoms with Gasteiger partial charge in [0, 0.05) is 40.3 Å². The van der Waals surface area contributed by atoms with Crippen LogP contribution >= 0.6 is 24.0 Å². The number of sulfonamides is 1. The highest BCUT2D eigenvalue weighted by molar-refractivity contribution is 14.0. The van der Waals surface area contributed by atoms with Crippen LogP contribution in [0.5, 0.6) is 0 Å². The normalized spacial score (nSPS) is 11.6. The highest BCUT2D eigenvalue weighted by Gasteiger charge is 2.16. The van der Waals surface area contributed by atoms with E-state index in [1.807, 2.05) is 33.9 Å². The molecule has 9 nitrogen and oxygen atoms in total. The van der Waals surface area contributed by atoms with Gasteiger partial charge in [0.15, 0.2) is 5.96 Å². The number of carbonyl (C=O) groups excluding carboxylic acids is 1. The number of nitrogens with one attached hydrogen (secondary N) is 2. The van der Waals surface area contributed by atoms with E-state index in [-0.39, 0.29) is 54.4 Å². The van der Waals surface area contributed by atoms with Gasteiger partial charge in [-0.25, -0.2) is 18.1 Å². The fourth-order valence-corrected chi connectivity index (χ4v) is 3.85. The molecule has 0 spiro atoms. The largest absolute Gasteiger partial charge is 0.383 e. The number of methoxy groups -OCH3 is 1. The highest BCUT2D eigenvalue weighted by atomic mass is 127. The number of carbonyl (C=O) groups is 1. The Morgan fingerprint density at radius 3 is 2.45 bits per heavy atom. The molecular weight excluding hydrogens is 533 g/mol. The molecule has 0 saturated carbocycles. The van der Waals surface area contributed by atoms with Crippen molar-refractivity contribution in [1.29, 1.82) is 0 Å². The molecule has 31 heavy (non-hydrogen) atoms. The Balaban J connectivity index is 0.00000900. The van der Waals surface area contributed by atoms with E-state index >= 15 is 0 Å². The summed E-state index contributed by atoms with van der Waals surface area (Å²) < 4.78 is 32.1. The molecule has 0 saturated heterocycles. The summed E-state index contributed by atoms with van der Waals surface area (Å²) in [5.74, 6) is 0.618. The average molecular weight is 570 g/mol. The van der Waals surface area contributed by atoms with Crippen molar-refractivity contribution < 1.29 is 17.9 Å². The van der Waals surface area contributed by atoms with Gasteiger partial charge in [0.25, 0.3) is 0 Å². The molecule has 178 valence electrons. The van der Waals surface area contributed by atoms with Crippen LogP contribution in [0.1, 0.15) is 26.3 Å². The quantitative estimate of drug-likeness (QED) is 0.171. The standard InChI is InChI=1S/C20H35N5O4S.HI/c1-6-21-20(24(4)16-19(26)25(7-2)8-3)22-15-17-10-9-11-18(14-17)30(27,28)23-12-13-29-5;/h9-11,14,23H,6-8,12-13,15-16H2,1-5H3,(H,21,22);1H. The van der Waals surface area contributed by atoms with Gasteiger partial charge >= 0.3 is 0 Å². The Labute approximate surface area is 203 Å². The summed E-state index contributed by atoms with van der Waals surface area (Å²) in [6.45, 7) is 8.84. The molecule has 0 unspecified atom stereocenters. The molecule has 2 N–H and O–H groups in total. The number of ether oxygens (including phenoxy) is 1. The monoisotopic (exact) mass is 569 g/mol. The van der Waals surface area contributed by atoms with Gasteiger partial charge in [-0.2, -0.15) is 0 Å². The Morgan fingerprint density at radius 1 is 1.19 bits per heavy atom. The minimum absolute atomic E-state index is 0. The molecule has 0 aromatic heterocycles. The van der Waals surface area contributed by atoms with E-state index in [1.54, 1.807) is 28.0 Å². The van der Waals surface area contributed by atoms with Crippen LogP contribution in [0.15, 0.2) is 34.2 Å². The number of amides is 1. The van der Waals surface area contributed by atoms with Crippen LogP contribution in [0.4, 0.5) is 0 Å². The molecule has 1 aromatic carbocycles. The third-order valence-electron chi connectivity index (χ3n) is 4.40. The first-order valence-electron chi connectivity index (χ1n) is 10.1. The molecule has 0 heterocycles. The zero-order chi connectivity index (χ0) is 22.6. The Kier molecular flexibility index (Phi) is 14.7. The second kappa shape index (κ2) is 15.4. The minimum Gasteiger partial charge on any atom is -0.383 e. The lowest BCUT2D eigenvalue weighted by Gasteiger charge is -2.25. The van der Waals surface area contributed by atoms with Crippen molar-refractivity contribution in [3.05, 3.63) is 29.8 Å². The fraction of sp³-hybridized carbons (Fsp3) is 0.600. The molecule has 0 atom stereocenters. The van der Waals surface area contributed by atoms with E-state index in [0.29, 0.717) is 32.2 Å². The predicted octanol–water partition coefficient (Wildman–Crippen LogP) is 1.50. The van der Waals surface area contributed by atoms with E-state index in [4.69, 9.17) is 4.74 Å². The number of guanidine groups is 1. The van der Waals surface area contributed by atoms with E-state index < -0.39 is 10.0 Å². The van der Waals surface area contributed by atoms with Crippen LogP contribution < -0.4 is 10.0 Å². The maximum atomic E-state index is 12.4. The first kappa shape index (κ1) is 29.6. The zero-order valence-electron chi connectivity index (χ0n) is 19.1. The smallest absolute Gasteiger partial charge is 0.242 e. The Morgan fingerprint density at radius 2 is 1.87 bits per heavy atom. The van der Waals surface area contributed by atoms with E-state index in [9.17, 15) is 13.2 Å². The molecule has 1 aromatic rings. The van der Waals surface area contributed by atoms with Crippen molar-refractivity contribution >= 4 is 45.9 Å². The van der Waals surface area contributed by atoms with Crippen molar-refractivity contribution in [3.8, 4) is 0 Å². The number of hydrogen-bond acceptors (Lipinski definition) is 5. The first-order chi connectivity index (χ1) is 14.3. The number of hydrogen-bond donors (Lipinski definition) is 2. The van der Waals surface area contributed by atoms with E-state index in [2.05, 4.69) is 15.0 Å². The summed E-state index contributed by atoms with van der Waals surface area (Å²) in [5, 5.41) is 3.17. The molecule has 0 radical (unpaired) electrons. The van der Waals surface area contributed by atoms with Crippen molar-refractivity contribution in [3.63, 3.8) is 0 Å². The maximum Gasteiger partial charge on any atom is 0.242 e. The molecule has 1 amide bonds. The lowest BCUT2D eigenvalue weighted by atomic mass is 10.2.